The molecule has 114 valence electrons. The van der Waals surface area contributed by atoms with Crippen LogP contribution in [-0.2, 0) is 4.79 Å². The minimum absolute atomic E-state index is 0.333. The molecule has 0 atom stereocenters. The summed E-state index contributed by atoms with van der Waals surface area (Å²) in [5.41, 5.74) is 3.29. The predicted octanol–water partition coefficient (Wildman–Crippen LogP) is 3.30. The van der Waals surface area contributed by atoms with Gasteiger partial charge in [-0.1, -0.05) is 35.3 Å². The SMILES string of the molecule is O=C(O)COc1ccccc1C=NNc1ncc(Cl)cc1Cl. The van der Waals surface area contributed by atoms with Gasteiger partial charge in [0.2, 0.25) is 0 Å². The van der Waals surface area contributed by atoms with Crippen molar-refractivity contribution in [1.29, 1.82) is 0 Å². The Morgan fingerprint density at radius 1 is 1.41 bits per heavy atom. The molecule has 0 saturated carbocycles. The fraction of sp³-hybridized carbons (Fsp3) is 0.0714. The first kappa shape index (κ1) is 16.1. The van der Waals surface area contributed by atoms with Crippen molar-refractivity contribution < 1.29 is 14.6 Å². The van der Waals surface area contributed by atoms with Crippen molar-refractivity contribution in [2.24, 2.45) is 5.10 Å². The van der Waals surface area contributed by atoms with Gasteiger partial charge in [0.25, 0.3) is 0 Å². The van der Waals surface area contributed by atoms with Crippen LogP contribution in [0, 0.1) is 0 Å². The van der Waals surface area contributed by atoms with E-state index in [-0.39, 0.29) is 0 Å². The minimum Gasteiger partial charge on any atom is -0.481 e. The van der Waals surface area contributed by atoms with E-state index in [1.165, 1.54) is 18.5 Å². The Morgan fingerprint density at radius 2 is 2.18 bits per heavy atom. The smallest absolute Gasteiger partial charge is 0.341 e. The third-order valence-electron chi connectivity index (χ3n) is 2.45. The molecule has 0 saturated heterocycles. The number of hydrogen-bond acceptors (Lipinski definition) is 5. The number of ether oxygens (including phenoxy) is 1. The van der Waals surface area contributed by atoms with Crippen LogP contribution >= 0.6 is 23.2 Å². The van der Waals surface area contributed by atoms with E-state index in [1.807, 2.05) is 0 Å². The number of aliphatic carboxylic acids is 1. The molecule has 0 spiro atoms. The Hall–Kier alpha value is -2.31. The molecular formula is C14H11Cl2N3O3. The van der Waals surface area contributed by atoms with Gasteiger partial charge in [-0.3, -0.25) is 5.43 Å². The van der Waals surface area contributed by atoms with E-state index < -0.39 is 12.6 Å². The Bertz CT molecular complexity index is 707. The van der Waals surface area contributed by atoms with Gasteiger partial charge in [-0.25, -0.2) is 9.78 Å². The lowest BCUT2D eigenvalue weighted by Gasteiger charge is -2.06. The number of pyridine rings is 1. The number of nitrogens with zero attached hydrogens (tertiary/aromatic N) is 2. The molecule has 0 unspecified atom stereocenters. The Labute approximate surface area is 136 Å². The zero-order valence-corrected chi connectivity index (χ0v) is 12.7. The summed E-state index contributed by atoms with van der Waals surface area (Å²) >= 11 is 11.7. The average molecular weight is 340 g/mol. The maximum atomic E-state index is 10.5. The monoisotopic (exact) mass is 339 g/mol. The van der Waals surface area contributed by atoms with Gasteiger partial charge in [-0.05, 0) is 18.2 Å². The first-order chi connectivity index (χ1) is 10.6. The van der Waals surface area contributed by atoms with E-state index in [1.54, 1.807) is 24.3 Å². The van der Waals surface area contributed by atoms with Gasteiger partial charge >= 0.3 is 5.97 Å². The molecule has 1 heterocycles. The number of carboxylic acid groups (broad SMARTS) is 1. The van der Waals surface area contributed by atoms with Crippen molar-refractivity contribution in [3.8, 4) is 5.75 Å². The summed E-state index contributed by atoms with van der Waals surface area (Å²) in [6.45, 7) is -0.428. The number of aromatic nitrogens is 1. The van der Waals surface area contributed by atoms with Gasteiger partial charge in [-0.2, -0.15) is 5.10 Å². The van der Waals surface area contributed by atoms with Gasteiger partial charge in [0.15, 0.2) is 12.4 Å². The van der Waals surface area contributed by atoms with Crippen LogP contribution in [-0.4, -0.2) is 28.9 Å². The molecule has 0 fully saturated rings. The Kier molecular flexibility index (Phi) is 5.57. The third-order valence-corrected chi connectivity index (χ3v) is 2.95. The van der Waals surface area contributed by atoms with E-state index in [4.69, 9.17) is 33.0 Å². The number of para-hydroxylation sites is 1. The van der Waals surface area contributed by atoms with Crippen LogP contribution in [0.25, 0.3) is 0 Å². The second-order valence-electron chi connectivity index (χ2n) is 4.07. The largest absolute Gasteiger partial charge is 0.481 e. The molecule has 0 amide bonds. The number of hydrazone groups is 1. The topological polar surface area (TPSA) is 83.8 Å². The standard InChI is InChI=1S/C14H11Cl2N3O3/c15-10-5-11(16)14(17-7-10)19-18-6-9-3-1-2-4-12(9)22-8-13(20)21/h1-7H,8H2,(H,17,19)(H,20,21). The van der Waals surface area contributed by atoms with Gasteiger partial charge in [-0.15, -0.1) is 0 Å². The van der Waals surface area contributed by atoms with Crippen LogP contribution < -0.4 is 10.2 Å². The molecule has 0 aliphatic carbocycles. The number of rotatable bonds is 6. The summed E-state index contributed by atoms with van der Waals surface area (Å²) in [5.74, 6) is -0.293. The average Bonchev–Trinajstić information content (AvgIpc) is 2.48. The summed E-state index contributed by atoms with van der Waals surface area (Å²) in [4.78, 5) is 14.5. The normalized spacial score (nSPS) is 10.6. The zero-order chi connectivity index (χ0) is 15.9. The molecule has 2 aromatic rings. The molecule has 2 N–H and O–H groups in total. The molecule has 0 aliphatic rings. The minimum atomic E-state index is -1.05. The van der Waals surface area contributed by atoms with Crippen LogP contribution in [0.2, 0.25) is 10.0 Å². The molecule has 1 aromatic heterocycles. The summed E-state index contributed by atoms with van der Waals surface area (Å²) in [7, 11) is 0. The summed E-state index contributed by atoms with van der Waals surface area (Å²) in [6, 6.07) is 8.44. The Balaban J connectivity index is 2.08. The lowest BCUT2D eigenvalue weighted by atomic mass is 10.2. The van der Waals surface area contributed by atoms with Gasteiger partial charge in [0.05, 0.1) is 16.3 Å². The summed E-state index contributed by atoms with van der Waals surface area (Å²) < 4.78 is 5.16. The highest BCUT2D eigenvalue weighted by molar-refractivity contribution is 6.35. The number of carbonyl (C=O) groups is 1. The van der Waals surface area contributed by atoms with Gasteiger partial charge in [0, 0.05) is 11.8 Å². The van der Waals surface area contributed by atoms with E-state index in [9.17, 15) is 4.79 Å². The fourth-order valence-corrected chi connectivity index (χ4v) is 1.94. The highest BCUT2D eigenvalue weighted by Crippen LogP contribution is 2.22. The van der Waals surface area contributed by atoms with Crippen molar-refractivity contribution in [3.05, 3.63) is 52.1 Å². The lowest BCUT2D eigenvalue weighted by Crippen LogP contribution is -2.10. The second kappa shape index (κ2) is 7.63. The van der Waals surface area contributed by atoms with E-state index >= 15 is 0 Å². The molecule has 8 heteroatoms. The summed E-state index contributed by atoms with van der Waals surface area (Å²) in [5, 5.41) is 13.4. The number of benzene rings is 1. The molecule has 0 aliphatic heterocycles. The van der Waals surface area contributed by atoms with Crippen molar-refractivity contribution in [1.82, 2.24) is 4.98 Å². The van der Waals surface area contributed by atoms with Crippen molar-refractivity contribution in [2.75, 3.05) is 12.0 Å². The maximum Gasteiger partial charge on any atom is 0.341 e. The first-order valence-corrected chi connectivity index (χ1v) is 6.85. The lowest BCUT2D eigenvalue weighted by molar-refractivity contribution is -0.139. The molecule has 0 bridgehead atoms. The summed E-state index contributed by atoms with van der Waals surface area (Å²) in [6.07, 6.45) is 2.92. The zero-order valence-electron chi connectivity index (χ0n) is 11.2. The Morgan fingerprint density at radius 3 is 2.91 bits per heavy atom. The van der Waals surface area contributed by atoms with Crippen molar-refractivity contribution in [2.45, 2.75) is 0 Å². The second-order valence-corrected chi connectivity index (χ2v) is 4.92. The third kappa shape index (κ3) is 4.61. The van der Waals surface area contributed by atoms with Crippen LogP contribution in [0.5, 0.6) is 5.75 Å². The van der Waals surface area contributed by atoms with E-state index in [0.29, 0.717) is 27.2 Å². The number of halogens is 2. The maximum absolute atomic E-state index is 10.5. The molecule has 6 nitrogen and oxygen atoms in total. The first-order valence-electron chi connectivity index (χ1n) is 6.10. The fourth-order valence-electron chi connectivity index (χ4n) is 1.52. The molecule has 22 heavy (non-hydrogen) atoms. The van der Waals surface area contributed by atoms with Crippen molar-refractivity contribution in [3.63, 3.8) is 0 Å². The molecule has 2 rings (SSSR count). The van der Waals surface area contributed by atoms with Crippen molar-refractivity contribution >= 4 is 41.2 Å². The van der Waals surface area contributed by atoms with Crippen LogP contribution in [0.15, 0.2) is 41.6 Å². The van der Waals surface area contributed by atoms with Crippen LogP contribution in [0.4, 0.5) is 5.82 Å². The molecule has 1 aromatic carbocycles. The van der Waals surface area contributed by atoms with Gasteiger partial charge < -0.3 is 9.84 Å². The molecule has 0 radical (unpaired) electrons. The predicted molar refractivity (Wildman–Crippen MR) is 85.0 cm³/mol. The van der Waals surface area contributed by atoms with E-state index in [2.05, 4.69) is 15.5 Å². The highest BCUT2D eigenvalue weighted by Gasteiger charge is 2.04. The van der Waals surface area contributed by atoms with E-state index in [0.717, 1.165) is 0 Å². The number of anilines is 1. The van der Waals surface area contributed by atoms with Crippen LogP contribution in [0.1, 0.15) is 5.56 Å². The molecular weight excluding hydrogens is 329 g/mol. The quantitative estimate of drug-likeness (QED) is 0.623. The number of carboxylic acids is 1. The number of hydrogen-bond donors (Lipinski definition) is 2. The van der Waals surface area contributed by atoms with Gasteiger partial charge in [0.1, 0.15) is 5.75 Å². The van der Waals surface area contributed by atoms with Crippen LogP contribution in [0.3, 0.4) is 0 Å². The highest BCUT2D eigenvalue weighted by atomic mass is 35.5. The number of nitrogens with one attached hydrogen (secondary N) is 1.